The molecule has 0 aromatic heterocycles. The molecular formula is C17H24N2O4. The van der Waals surface area contributed by atoms with Crippen molar-refractivity contribution in [3.05, 3.63) is 35.4 Å². The predicted octanol–water partition coefficient (Wildman–Crippen LogP) is 2.07. The third kappa shape index (κ3) is 4.45. The van der Waals surface area contributed by atoms with E-state index < -0.39 is 17.7 Å². The maximum absolute atomic E-state index is 12.5. The van der Waals surface area contributed by atoms with E-state index in [4.69, 9.17) is 9.47 Å². The fourth-order valence-corrected chi connectivity index (χ4v) is 2.53. The van der Waals surface area contributed by atoms with Crippen LogP contribution in [0, 0.1) is 0 Å². The van der Waals surface area contributed by atoms with Crippen LogP contribution in [0.25, 0.3) is 0 Å². The Kier molecular flexibility index (Phi) is 5.26. The molecular weight excluding hydrogens is 296 g/mol. The molecule has 1 aliphatic rings. The molecule has 0 saturated carbocycles. The van der Waals surface area contributed by atoms with E-state index in [1.54, 1.807) is 0 Å². The summed E-state index contributed by atoms with van der Waals surface area (Å²) in [7, 11) is 1.50. The number of fused-ring (bicyclic) bond motifs is 1. The summed E-state index contributed by atoms with van der Waals surface area (Å²) in [5.74, 6) is -0.243. The molecule has 1 unspecified atom stereocenters. The third-order valence-corrected chi connectivity index (χ3v) is 3.57. The molecule has 0 radical (unpaired) electrons. The number of benzene rings is 1. The number of amides is 2. The average Bonchev–Trinajstić information content (AvgIpc) is 2.49. The molecule has 1 N–H and O–H groups in total. The Labute approximate surface area is 136 Å². The normalized spacial score (nSPS) is 17.4. The van der Waals surface area contributed by atoms with Gasteiger partial charge in [0.15, 0.2) is 0 Å². The van der Waals surface area contributed by atoms with Gasteiger partial charge in [0, 0.05) is 13.5 Å². The number of nitrogens with zero attached hydrogens (tertiary/aromatic N) is 1. The number of methoxy groups -OCH3 is 1. The lowest BCUT2D eigenvalue weighted by Gasteiger charge is -2.36. The minimum atomic E-state index is -0.610. The van der Waals surface area contributed by atoms with Gasteiger partial charge in [-0.3, -0.25) is 9.69 Å². The quantitative estimate of drug-likeness (QED) is 0.866. The highest BCUT2D eigenvalue weighted by Crippen LogP contribution is 2.25. The molecule has 0 spiro atoms. The highest BCUT2D eigenvalue weighted by Gasteiger charge is 2.36. The van der Waals surface area contributed by atoms with Crippen LogP contribution < -0.4 is 5.32 Å². The van der Waals surface area contributed by atoms with Gasteiger partial charge in [0.25, 0.3) is 0 Å². The van der Waals surface area contributed by atoms with Gasteiger partial charge >= 0.3 is 6.09 Å². The molecule has 6 nitrogen and oxygen atoms in total. The van der Waals surface area contributed by atoms with Crippen LogP contribution in [-0.2, 0) is 27.2 Å². The average molecular weight is 320 g/mol. The lowest BCUT2D eigenvalue weighted by atomic mass is 9.94. The van der Waals surface area contributed by atoms with E-state index >= 15 is 0 Å². The van der Waals surface area contributed by atoms with Gasteiger partial charge in [0.2, 0.25) is 5.91 Å². The van der Waals surface area contributed by atoms with Gasteiger partial charge in [-0.25, -0.2) is 4.79 Å². The smallest absolute Gasteiger partial charge is 0.411 e. The highest BCUT2D eigenvalue weighted by atomic mass is 16.6. The number of hydrogen-bond acceptors (Lipinski definition) is 4. The van der Waals surface area contributed by atoms with E-state index in [9.17, 15) is 9.59 Å². The first-order chi connectivity index (χ1) is 10.8. The van der Waals surface area contributed by atoms with Crippen LogP contribution in [0.5, 0.6) is 0 Å². The summed E-state index contributed by atoms with van der Waals surface area (Å²) in [4.78, 5) is 26.4. The van der Waals surface area contributed by atoms with Crippen LogP contribution in [0.15, 0.2) is 24.3 Å². The Balaban J connectivity index is 2.24. The molecule has 0 bridgehead atoms. The topological polar surface area (TPSA) is 67.9 Å². The zero-order valence-electron chi connectivity index (χ0n) is 14.1. The summed E-state index contributed by atoms with van der Waals surface area (Å²) < 4.78 is 10.3. The summed E-state index contributed by atoms with van der Waals surface area (Å²) >= 11 is 0. The summed E-state index contributed by atoms with van der Waals surface area (Å²) in [6.45, 7) is 5.89. The maximum atomic E-state index is 12.5. The van der Waals surface area contributed by atoms with Crippen molar-refractivity contribution in [2.24, 2.45) is 0 Å². The summed E-state index contributed by atoms with van der Waals surface area (Å²) in [5.41, 5.74) is 1.50. The molecule has 1 atom stereocenters. The molecule has 2 rings (SSSR count). The zero-order chi connectivity index (χ0) is 17.0. The van der Waals surface area contributed by atoms with Crippen molar-refractivity contribution < 1.29 is 19.1 Å². The fraction of sp³-hybridized carbons (Fsp3) is 0.529. The van der Waals surface area contributed by atoms with Gasteiger partial charge in [-0.2, -0.15) is 0 Å². The van der Waals surface area contributed by atoms with Crippen LogP contribution in [0.2, 0.25) is 0 Å². The molecule has 0 saturated heterocycles. The van der Waals surface area contributed by atoms with Crippen LogP contribution in [0.4, 0.5) is 4.79 Å². The van der Waals surface area contributed by atoms with Crippen LogP contribution in [0.3, 0.4) is 0 Å². The van der Waals surface area contributed by atoms with Gasteiger partial charge in [-0.05, 0) is 31.9 Å². The minimum absolute atomic E-state index is 0.110. The monoisotopic (exact) mass is 320 g/mol. The molecule has 126 valence electrons. The van der Waals surface area contributed by atoms with Crippen molar-refractivity contribution >= 4 is 12.0 Å². The van der Waals surface area contributed by atoms with Gasteiger partial charge in [-0.15, -0.1) is 0 Å². The zero-order valence-corrected chi connectivity index (χ0v) is 14.1. The van der Waals surface area contributed by atoms with Gasteiger partial charge in [-0.1, -0.05) is 24.3 Å². The highest BCUT2D eigenvalue weighted by molar-refractivity contribution is 5.86. The molecule has 0 aliphatic carbocycles. The van der Waals surface area contributed by atoms with Crippen LogP contribution >= 0.6 is 0 Å². The molecule has 1 heterocycles. The second-order valence-electron chi connectivity index (χ2n) is 6.57. The minimum Gasteiger partial charge on any atom is -0.444 e. The summed E-state index contributed by atoms with van der Waals surface area (Å²) in [6.07, 6.45) is -0.0186. The van der Waals surface area contributed by atoms with E-state index in [1.165, 1.54) is 12.0 Å². The van der Waals surface area contributed by atoms with E-state index in [0.717, 1.165) is 11.1 Å². The van der Waals surface area contributed by atoms with Gasteiger partial charge in [0.05, 0.1) is 6.54 Å². The van der Waals surface area contributed by atoms with Crippen LogP contribution in [0.1, 0.15) is 31.9 Å². The largest absolute Gasteiger partial charge is 0.444 e. The number of ether oxygens (including phenoxy) is 2. The van der Waals surface area contributed by atoms with E-state index in [1.807, 2.05) is 45.0 Å². The first-order valence-electron chi connectivity index (χ1n) is 7.65. The Morgan fingerprint density at radius 3 is 2.52 bits per heavy atom. The lowest BCUT2D eigenvalue weighted by molar-refractivity contribution is -0.128. The fourth-order valence-electron chi connectivity index (χ4n) is 2.53. The Hall–Kier alpha value is -2.08. The van der Waals surface area contributed by atoms with E-state index in [-0.39, 0.29) is 12.6 Å². The third-order valence-electron chi connectivity index (χ3n) is 3.57. The Morgan fingerprint density at radius 2 is 1.91 bits per heavy atom. The second-order valence-corrected chi connectivity index (χ2v) is 6.57. The van der Waals surface area contributed by atoms with Gasteiger partial charge in [0.1, 0.15) is 18.4 Å². The van der Waals surface area contributed by atoms with Gasteiger partial charge < -0.3 is 14.8 Å². The van der Waals surface area contributed by atoms with E-state index in [2.05, 4.69) is 5.32 Å². The number of carbonyl (C=O) groups excluding carboxylic acids is 2. The molecule has 23 heavy (non-hydrogen) atoms. The van der Waals surface area contributed by atoms with Crippen molar-refractivity contribution in [2.75, 3.05) is 13.8 Å². The number of nitrogens with one attached hydrogen (secondary N) is 1. The molecule has 6 heteroatoms. The molecule has 0 fully saturated rings. The molecule has 1 aromatic carbocycles. The molecule has 1 aliphatic heterocycles. The first-order valence-corrected chi connectivity index (χ1v) is 7.65. The van der Waals surface area contributed by atoms with Crippen molar-refractivity contribution in [1.29, 1.82) is 0 Å². The first kappa shape index (κ1) is 17.3. The van der Waals surface area contributed by atoms with Crippen LogP contribution in [-0.4, -0.2) is 42.4 Å². The molecule has 1 aromatic rings. The SMILES string of the molecule is COCNC(=O)C1Cc2ccccc2CN1C(=O)OC(C)(C)C. The molecule has 2 amide bonds. The van der Waals surface area contributed by atoms with Crippen molar-refractivity contribution in [3.63, 3.8) is 0 Å². The van der Waals surface area contributed by atoms with Crippen molar-refractivity contribution in [2.45, 2.75) is 45.4 Å². The van der Waals surface area contributed by atoms with Crippen molar-refractivity contribution in [1.82, 2.24) is 10.2 Å². The Bertz CT molecular complexity index is 580. The Morgan fingerprint density at radius 1 is 1.26 bits per heavy atom. The summed E-state index contributed by atoms with van der Waals surface area (Å²) in [5, 5.41) is 2.67. The second kappa shape index (κ2) is 7.00. The standard InChI is InChI=1S/C17H24N2O4/c1-17(2,3)23-16(21)19-10-13-8-6-5-7-12(13)9-14(19)15(20)18-11-22-4/h5-8,14H,9-11H2,1-4H3,(H,18,20). The number of carbonyl (C=O) groups is 2. The lowest BCUT2D eigenvalue weighted by Crippen LogP contribution is -2.53. The number of rotatable bonds is 3. The van der Waals surface area contributed by atoms with Crippen molar-refractivity contribution in [3.8, 4) is 0 Å². The van der Waals surface area contributed by atoms with E-state index in [0.29, 0.717) is 13.0 Å². The number of hydrogen-bond donors (Lipinski definition) is 1. The summed E-state index contributed by atoms with van der Waals surface area (Å²) in [6, 6.07) is 7.22. The predicted molar refractivity (Wildman–Crippen MR) is 85.7 cm³/mol. The maximum Gasteiger partial charge on any atom is 0.411 e.